The van der Waals surface area contributed by atoms with E-state index >= 15 is 0 Å². The number of nitrogens with one attached hydrogen (secondary N) is 1. The number of aryl methyl sites for hydroxylation is 1. The molecule has 1 unspecified atom stereocenters. The predicted molar refractivity (Wildman–Crippen MR) is 68.6 cm³/mol. The Labute approximate surface area is 108 Å². The van der Waals surface area contributed by atoms with E-state index in [2.05, 4.69) is 18.3 Å². The molecule has 0 aromatic carbocycles. The van der Waals surface area contributed by atoms with E-state index in [-0.39, 0.29) is 23.6 Å². The highest BCUT2D eigenvalue weighted by molar-refractivity contribution is 8.00. The van der Waals surface area contributed by atoms with Crippen molar-refractivity contribution in [2.45, 2.75) is 31.8 Å². The van der Waals surface area contributed by atoms with Crippen molar-refractivity contribution >= 4 is 23.1 Å². The summed E-state index contributed by atoms with van der Waals surface area (Å²) in [5.41, 5.74) is -4.12. The van der Waals surface area contributed by atoms with Gasteiger partial charge in [-0.1, -0.05) is 6.92 Å². The summed E-state index contributed by atoms with van der Waals surface area (Å²) in [6.45, 7) is 4.43. The molecule has 1 nitrogen and oxygen atoms in total. The minimum atomic E-state index is -4.12. The maximum absolute atomic E-state index is 11.9. The molecule has 6 heteroatoms. The summed E-state index contributed by atoms with van der Waals surface area (Å²) in [7, 11) is 0. The fourth-order valence-electron chi connectivity index (χ4n) is 1.36. The number of hydrogen-bond acceptors (Lipinski definition) is 3. The zero-order valence-electron chi connectivity index (χ0n) is 9.80. The van der Waals surface area contributed by atoms with Crippen LogP contribution in [0, 0.1) is 0 Å². The first-order valence-corrected chi connectivity index (χ1v) is 7.25. The van der Waals surface area contributed by atoms with Gasteiger partial charge in [0.1, 0.15) is 0 Å². The third-order valence-electron chi connectivity index (χ3n) is 2.28. The first-order chi connectivity index (χ1) is 7.92. The van der Waals surface area contributed by atoms with E-state index in [1.165, 1.54) is 9.75 Å². The molecule has 1 rings (SSSR count). The molecule has 0 bridgehead atoms. The van der Waals surface area contributed by atoms with Crippen LogP contribution in [0.25, 0.3) is 0 Å². The lowest BCUT2D eigenvalue weighted by atomic mass is 10.2. The van der Waals surface area contributed by atoms with Crippen molar-refractivity contribution in [2.24, 2.45) is 0 Å². The Morgan fingerprint density at radius 2 is 2.12 bits per heavy atom. The van der Waals surface area contributed by atoms with Crippen LogP contribution in [0.15, 0.2) is 12.1 Å². The van der Waals surface area contributed by atoms with Gasteiger partial charge in [0.2, 0.25) is 0 Å². The topological polar surface area (TPSA) is 12.0 Å². The largest absolute Gasteiger partial charge is 0.441 e. The normalized spacial score (nSPS) is 13.9. The number of thioether (sulfide) groups is 1. The third-order valence-corrected chi connectivity index (χ3v) is 4.42. The minimum Gasteiger partial charge on any atom is -0.309 e. The van der Waals surface area contributed by atoms with Crippen molar-refractivity contribution in [3.8, 4) is 0 Å². The Morgan fingerprint density at radius 3 is 2.65 bits per heavy atom. The molecule has 1 N–H and O–H groups in total. The van der Waals surface area contributed by atoms with Crippen molar-refractivity contribution in [1.82, 2.24) is 5.32 Å². The van der Waals surface area contributed by atoms with Crippen LogP contribution in [0.4, 0.5) is 13.2 Å². The Balaban J connectivity index is 2.27. The molecule has 0 saturated carbocycles. The van der Waals surface area contributed by atoms with E-state index in [4.69, 9.17) is 0 Å². The predicted octanol–water partition coefficient (Wildman–Crippen LogP) is 4.21. The van der Waals surface area contributed by atoms with Gasteiger partial charge in [0.15, 0.2) is 0 Å². The van der Waals surface area contributed by atoms with Gasteiger partial charge in [0.05, 0.1) is 0 Å². The van der Waals surface area contributed by atoms with Crippen LogP contribution in [0.1, 0.15) is 29.6 Å². The van der Waals surface area contributed by atoms with Crippen molar-refractivity contribution in [2.75, 3.05) is 12.3 Å². The van der Waals surface area contributed by atoms with Gasteiger partial charge in [-0.25, -0.2) is 0 Å². The Kier molecular flexibility index (Phi) is 5.82. The van der Waals surface area contributed by atoms with Crippen LogP contribution in [-0.4, -0.2) is 17.8 Å². The summed E-state index contributed by atoms with van der Waals surface area (Å²) in [4.78, 5) is 2.48. The van der Waals surface area contributed by atoms with Gasteiger partial charge in [-0.05, 0) is 37.2 Å². The number of halogens is 3. The van der Waals surface area contributed by atoms with Crippen molar-refractivity contribution in [3.63, 3.8) is 0 Å². The lowest BCUT2D eigenvalue weighted by molar-refractivity contribution is -0.0327. The molecule has 1 atom stereocenters. The molecule has 0 saturated heterocycles. The van der Waals surface area contributed by atoms with E-state index in [0.29, 0.717) is 6.54 Å². The van der Waals surface area contributed by atoms with Crippen molar-refractivity contribution < 1.29 is 13.2 Å². The Bertz CT molecular complexity index is 336. The fourth-order valence-corrected chi connectivity index (χ4v) is 2.79. The highest BCUT2D eigenvalue weighted by atomic mass is 32.2. The summed E-state index contributed by atoms with van der Waals surface area (Å²) in [5.74, 6) is 0.0554. The zero-order valence-corrected chi connectivity index (χ0v) is 11.4. The molecule has 1 aromatic rings. The molecule has 98 valence electrons. The summed E-state index contributed by atoms with van der Waals surface area (Å²) in [6, 6.07) is 4.23. The highest BCUT2D eigenvalue weighted by Gasteiger charge is 2.27. The van der Waals surface area contributed by atoms with Gasteiger partial charge in [-0.2, -0.15) is 13.2 Å². The van der Waals surface area contributed by atoms with Crippen LogP contribution < -0.4 is 5.32 Å². The van der Waals surface area contributed by atoms with Crippen LogP contribution >= 0.6 is 23.1 Å². The summed E-state index contributed by atoms with van der Waals surface area (Å²) in [5, 5.41) is 3.10. The SMILES string of the molecule is CCc1ccc(C(C)NCCSC(F)(F)F)s1. The average molecular weight is 283 g/mol. The maximum Gasteiger partial charge on any atom is 0.441 e. The zero-order chi connectivity index (χ0) is 12.9. The molecular weight excluding hydrogens is 267 g/mol. The Morgan fingerprint density at radius 1 is 1.41 bits per heavy atom. The lowest BCUT2D eigenvalue weighted by Gasteiger charge is -2.12. The maximum atomic E-state index is 11.9. The number of alkyl halides is 3. The van der Waals surface area contributed by atoms with Crippen molar-refractivity contribution in [1.29, 1.82) is 0 Å². The van der Waals surface area contributed by atoms with Gasteiger partial charge in [0.25, 0.3) is 0 Å². The smallest absolute Gasteiger partial charge is 0.309 e. The first-order valence-electron chi connectivity index (χ1n) is 5.45. The third kappa shape index (κ3) is 5.79. The summed E-state index contributed by atoms with van der Waals surface area (Å²) >= 11 is 1.73. The monoisotopic (exact) mass is 283 g/mol. The standard InChI is InChI=1S/C11H16F3NS2/c1-3-9-4-5-10(17-9)8(2)15-6-7-16-11(12,13)14/h4-5,8,15H,3,6-7H2,1-2H3. The second-order valence-corrected chi connectivity index (χ2v) is 5.99. The molecule has 0 spiro atoms. The van der Waals surface area contributed by atoms with Gasteiger partial charge in [0, 0.05) is 28.1 Å². The van der Waals surface area contributed by atoms with Crippen LogP contribution in [0.5, 0.6) is 0 Å². The van der Waals surface area contributed by atoms with E-state index in [0.717, 1.165) is 6.42 Å². The second kappa shape index (κ2) is 6.66. The average Bonchev–Trinajstić information content (AvgIpc) is 2.71. The number of thiophene rings is 1. The number of hydrogen-bond donors (Lipinski definition) is 1. The molecule has 1 heterocycles. The van der Waals surface area contributed by atoms with Crippen LogP contribution in [0.2, 0.25) is 0 Å². The van der Waals surface area contributed by atoms with E-state index in [1.807, 2.05) is 13.0 Å². The molecule has 0 radical (unpaired) electrons. The number of rotatable bonds is 6. The van der Waals surface area contributed by atoms with E-state index in [1.54, 1.807) is 11.3 Å². The molecule has 0 amide bonds. The van der Waals surface area contributed by atoms with E-state index < -0.39 is 5.51 Å². The van der Waals surface area contributed by atoms with Gasteiger partial charge >= 0.3 is 5.51 Å². The first kappa shape index (κ1) is 14.9. The fraction of sp³-hybridized carbons (Fsp3) is 0.636. The minimum absolute atomic E-state index is 0.0214. The molecule has 0 aliphatic rings. The molecular formula is C11H16F3NS2. The highest BCUT2D eigenvalue weighted by Crippen LogP contribution is 2.29. The quantitative estimate of drug-likeness (QED) is 0.785. The molecule has 1 aromatic heterocycles. The van der Waals surface area contributed by atoms with Gasteiger partial charge in [-0.3, -0.25) is 0 Å². The Hall–Kier alpha value is -0.200. The van der Waals surface area contributed by atoms with E-state index in [9.17, 15) is 13.2 Å². The van der Waals surface area contributed by atoms with Gasteiger partial charge < -0.3 is 5.32 Å². The van der Waals surface area contributed by atoms with Crippen LogP contribution in [-0.2, 0) is 6.42 Å². The molecule has 0 aliphatic carbocycles. The molecule has 17 heavy (non-hydrogen) atoms. The van der Waals surface area contributed by atoms with Crippen molar-refractivity contribution in [3.05, 3.63) is 21.9 Å². The molecule has 0 fully saturated rings. The lowest BCUT2D eigenvalue weighted by Crippen LogP contribution is -2.21. The summed E-state index contributed by atoms with van der Waals surface area (Å²) < 4.78 is 35.7. The second-order valence-electron chi connectivity index (χ2n) is 3.63. The van der Waals surface area contributed by atoms with Crippen LogP contribution in [0.3, 0.4) is 0 Å². The molecule has 0 aliphatic heterocycles. The van der Waals surface area contributed by atoms with Gasteiger partial charge in [-0.15, -0.1) is 11.3 Å². The summed E-state index contributed by atoms with van der Waals surface area (Å²) in [6.07, 6.45) is 1.00.